The highest BCUT2D eigenvalue weighted by atomic mass is 16.5. The molecule has 0 saturated carbocycles. The number of rotatable bonds is 3. The number of benzene rings is 2. The Morgan fingerprint density at radius 2 is 2.11 bits per heavy atom. The lowest BCUT2D eigenvalue weighted by atomic mass is 9.90. The summed E-state index contributed by atoms with van der Waals surface area (Å²) in [5.74, 6) is 0.822. The number of ether oxygens (including phenoxy) is 1. The molecule has 6 nitrogen and oxygen atoms in total. The van der Waals surface area contributed by atoms with E-state index in [1.165, 1.54) is 0 Å². The van der Waals surface area contributed by atoms with Gasteiger partial charge in [0.2, 0.25) is 0 Å². The molecule has 140 valence electrons. The number of hydrogen-bond acceptors (Lipinski definition) is 3. The Kier molecular flexibility index (Phi) is 3.90. The third-order valence-corrected chi connectivity index (χ3v) is 5.42. The first-order valence-electron chi connectivity index (χ1n) is 9.25. The van der Waals surface area contributed by atoms with Crippen LogP contribution in [-0.2, 0) is 6.54 Å². The first-order valence-corrected chi connectivity index (χ1v) is 9.25. The predicted molar refractivity (Wildman–Crippen MR) is 106 cm³/mol. The van der Waals surface area contributed by atoms with Crippen LogP contribution in [-0.4, -0.2) is 39.4 Å². The van der Waals surface area contributed by atoms with Gasteiger partial charge in [0.15, 0.2) is 0 Å². The lowest BCUT2D eigenvalue weighted by Crippen LogP contribution is -2.38. The Bertz CT molecular complexity index is 1160. The molecule has 1 aliphatic rings. The fourth-order valence-corrected chi connectivity index (χ4v) is 3.96. The number of nitrogens with zero attached hydrogens (tertiary/aromatic N) is 2. The maximum absolute atomic E-state index is 13.2. The summed E-state index contributed by atoms with van der Waals surface area (Å²) in [4.78, 5) is 26.0. The Hall–Kier alpha value is -3.54. The summed E-state index contributed by atoms with van der Waals surface area (Å²) in [6.07, 6.45) is 3.59. The smallest absolute Gasteiger partial charge is 0.254 e. The van der Waals surface area contributed by atoms with Crippen molar-refractivity contribution in [2.24, 2.45) is 0 Å². The number of aromatic amines is 2. The van der Waals surface area contributed by atoms with Crippen LogP contribution in [0.3, 0.4) is 0 Å². The van der Waals surface area contributed by atoms with Gasteiger partial charge in [0, 0.05) is 29.7 Å². The average Bonchev–Trinajstić information content (AvgIpc) is 3.41. The normalized spacial score (nSPS) is 16.2. The van der Waals surface area contributed by atoms with Gasteiger partial charge in [0.1, 0.15) is 5.75 Å². The molecule has 0 spiro atoms. The number of carbonyl (C=O) groups is 1. The molecule has 2 aromatic heterocycles. The van der Waals surface area contributed by atoms with Gasteiger partial charge in [0.05, 0.1) is 31.4 Å². The van der Waals surface area contributed by atoms with E-state index >= 15 is 0 Å². The zero-order chi connectivity index (χ0) is 19.1. The van der Waals surface area contributed by atoms with Crippen LogP contribution in [0.1, 0.15) is 33.2 Å². The monoisotopic (exact) mass is 372 g/mol. The molecule has 2 aromatic carbocycles. The molecule has 0 radical (unpaired) electrons. The number of fused-ring (bicyclic) bond motifs is 2. The van der Waals surface area contributed by atoms with Crippen molar-refractivity contribution < 1.29 is 9.53 Å². The van der Waals surface area contributed by atoms with E-state index in [0.29, 0.717) is 18.7 Å². The SMILES string of the molecule is COc1cccc(C2CN(C(=O)c3ccc4cc[nH]c4c3)Cc3[nH]cnc32)c1. The fraction of sp³-hybridized carbons (Fsp3) is 0.182. The zero-order valence-electron chi connectivity index (χ0n) is 15.5. The Morgan fingerprint density at radius 1 is 1.18 bits per heavy atom. The summed E-state index contributed by atoms with van der Waals surface area (Å²) >= 11 is 0. The molecule has 1 unspecified atom stereocenters. The molecular formula is C22H20N4O2. The molecule has 3 heterocycles. The summed E-state index contributed by atoms with van der Waals surface area (Å²) in [5.41, 5.74) is 4.72. The van der Waals surface area contributed by atoms with Crippen LogP contribution in [0.2, 0.25) is 0 Å². The Labute approximate surface area is 162 Å². The molecule has 0 fully saturated rings. The van der Waals surface area contributed by atoms with Crippen molar-refractivity contribution in [2.75, 3.05) is 13.7 Å². The van der Waals surface area contributed by atoms with Gasteiger partial charge < -0.3 is 19.6 Å². The zero-order valence-corrected chi connectivity index (χ0v) is 15.5. The molecule has 1 atom stereocenters. The average molecular weight is 372 g/mol. The first-order chi connectivity index (χ1) is 13.7. The van der Waals surface area contributed by atoms with Crippen LogP contribution in [0.25, 0.3) is 10.9 Å². The molecule has 2 N–H and O–H groups in total. The molecule has 0 bridgehead atoms. The Morgan fingerprint density at radius 3 is 3.00 bits per heavy atom. The van der Waals surface area contributed by atoms with Crippen molar-refractivity contribution in [1.82, 2.24) is 19.9 Å². The summed E-state index contributed by atoms with van der Waals surface area (Å²) in [6, 6.07) is 15.8. The topological polar surface area (TPSA) is 74.0 Å². The quantitative estimate of drug-likeness (QED) is 0.576. The van der Waals surface area contributed by atoms with Crippen LogP contribution in [0.5, 0.6) is 5.75 Å². The number of carbonyl (C=O) groups excluding carboxylic acids is 1. The second-order valence-electron chi connectivity index (χ2n) is 7.06. The number of nitrogens with one attached hydrogen (secondary N) is 2. The minimum atomic E-state index is 0.00303. The van der Waals surface area contributed by atoms with Crippen molar-refractivity contribution in [3.8, 4) is 5.75 Å². The Balaban J connectivity index is 1.50. The maximum atomic E-state index is 13.2. The molecule has 4 aromatic rings. The van der Waals surface area contributed by atoms with E-state index < -0.39 is 0 Å². The number of aromatic nitrogens is 3. The van der Waals surface area contributed by atoms with Gasteiger partial charge in [-0.2, -0.15) is 0 Å². The van der Waals surface area contributed by atoms with Gasteiger partial charge in [-0.3, -0.25) is 4.79 Å². The molecule has 1 amide bonds. The van der Waals surface area contributed by atoms with Gasteiger partial charge in [0.25, 0.3) is 5.91 Å². The highest BCUT2D eigenvalue weighted by molar-refractivity contribution is 5.98. The lowest BCUT2D eigenvalue weighted by molar-refractivity contribution is 0.0722. The van der Waals surface area contributed by atoms with Gasteiger partial charge in [-0.25, -0.2) is 4.98 Å². The molecule has 0 saturated heterocycles. The minimum absolute atomic E-state index is 0.00303. The van der Waals surface area contributed by atoms with Crippen molar-refractivity contribution in [1.29, 1.82) is 0 Å². The summed E-state index contributed by atoms with van der Waals surface area (Å²) in [7, 11) is 1.66. The second-order valence-corrected chi connectivity index (χ2v) is 7.06. The predicted octanol–water partition coefficient (Wildman–Crippen LogP) is 3.69. The second kappa shape index (κ2) is 6.56. The van der Waals surface area contributed by atoms with E-state index in [0.717, 1.165) is 33.6 Å². The van der Waals surface area contributed by atoms with E-state index in [2.05, 4.69) is 21.0 Å². The summed E-state index contributed by atoms with van der Waals surface area (Å²) < 4.78 is 5.38. The highest BCUT2D eigenvalue weighted by Crippen LogP contribution is 2.33. The van der Waals surface area contributed by atoms with Crippen LogP contribution in [0.4, 0.5) is 0 Å². The molecule has 1 aliphatic heterocycles. The highest BCUT2D eigenvalue weighted by Gasteiger charge is 2.32. The van der Waals surface area contributed by atoms with E-state index in [1.54, 1.807) is 13.4 Å². The fourth-order valence-electron chi connectivity index (χ4n) is 3.96. The van der Waals surface area contributed by atoms with Crippen LogP contribution < -0.4 is 4.74 Å². The third-order valence-electron chi connectivity index (χ3n) is 5.42. The van der Waals surface area contributed by atoms with Gasteiger partial charge in [-0.1, -0.05) is 18.2 Å². The van der Waals surface area contributed by atoms with Crippen LogP contribution in [0.15, 0.2) is 61.1 Å². The van der Waals surface area contributed by atoms with Crippen molar-refractivity contribution in [2.45, 2.75) is 12.5 Å². The lowest BCUT2D eigenvalue weighted by Gasteiger charge is -2.32. The number of amides is 1. The largest absolute Gasteiger partial charge is 0.497 e. The number of H-pyrrole nitrogens is 2. The molecule has 5 rings (SSSR count). The molecule has 0 aliphatic carbocycles. The molecule has 28 heavy (non-hydrogen) atoms. The molecule has 6 heteroatoms. The van der Waals surface area contributed by atoms with E-state index in [4.69, 9.17) is 4.74 Å². The van der Waals surface area contributed by atoms with E-state index in [-0.39, 0.29) is 11.8 Å². The molecular weight excluding hydrogens is 352 g/mol. The van der Waals surface area contributed by atoms with E-state index in [1.807, 2.05) is 53.6 Å². The van der Waals surface area contributed by atoms with Gasteiger partial charge in [-0.05, 0) is 41.3 Å². The number of hydrogen-bond donors (Lipinski definition) is 2. The van der Waals surface area contributed by atoms with E-state index in [9.17, 15) is 4.79 Å². The third kappa shape index (κ3) is 2.74. The summed E-state index contributed by atoms with van der Waals surface area (Å²) in [5, 5.41) is 1.10. The van der Waals surface area contributed by atoms with Crippen LogP contribution >= 0.6 is 0 Å². The minimum Gasteiger partial charge on any atom is -0.497 e. The van der Waals surface area contributed by atoms with Crippen molar-refractivity contribution >= 4 is 16.8 Å². The number of imidazole rings is 1. The standard InChI is InChI=1S/C22H20N4O2/c1-28-17-4-2-3-15(9-17)18-11-26(12-20-21(18)25-13-24-20)22(27)16-6-5-14-7-8-23-19(14)10-16/h2-10,13,18,23H,11-12H2,1H3,(H,24,25). The van der Waals surface area contributed by atoms with Crippen molar-refractivity contribution in [3.05, 3.63) is 83.6 Å². The maximum Gasteiger partial charge on any atom is 0.254 e. The van der Waals surface area contributed by atoms with Gasteiger partial charge >= 0.3 is 0 Å². The summed E-state index contributed by atoms with van der Waals surface area (Å²) in [6.45, 7) is 1.10. The van der Waals surface area contributed by atoms with Crippen molar-refractivity contribution in [3.63, 3.8) is 0 Å². The van der Waals surface area contributed by atoms with Gasteiger partial charge in [-0.15, -0.1) is 0 Å². The first kappa shape index (κ1) is 16.6. The number of methoxy groups -OCH3 is 1. The van der Waals surface area contributed by atoms with Crippen LogP contribution in [0, 0.1) is 0 Å².